The summed E-state index contributed by atoms with van der Waals surface area (Å²) in [4.78, 5) is 4.42. The first-order valence-corrected chi connectivity index (χ1v) is 8.84. The van der Waals surface area contributed by atoms with Crippen molar-refractivity contribution in [1.82, 2.24) is 20.0 Å². The van der Waals surface area contributed by atoms with Gasteiger partial charge in [0, 0.05) is 5.56 Å². The summed E-state index contributed by atoms with van der Waals surface area (Å²) in [5.41, 5.74) is 12.3. The van der Waals surface area contributed by atoms with Crippen molar-refractivity contribution < 1.29 is 0 Å². The maximum absolute atomic E-state index is 9.55. The van der Waals surface area contributed by atoms with E-state index in [4.69, 9.17) is 5.73 Å². The molecule has 4 aromatic rings. The van der Waals surface area contributed by atoms with Crippen LogP contribution in [0.15, 0.2) is 60.7 Å². The molecule has 0 bridgehead atoms. The molecule has 2 aromatic carbocycles. The van der Waals surface area contributed by atoms with E-state index in [9.17, 15) is 5.26 Å². The maximum Gasteiger partial charge on any atom is 0.142 e. The normalized spacial score (nSPS) is 10.6. The number of hydrogen-bond acceptors (Lipinski definition) is 5. The van der Waals surface area contributed by atoms with E-state index < -0.39 is 0 Å². The van der Waals surface area contributed by atoms with E-state index in [1.165, 1.54) is 5.56 Å². The van der Waals surface area contributed by atoms with E-state index in [0.29, 0.717) is 17.0 Å². The average Bonchev–Trinajstić information content (AvgIpc) is 3.10. The largest absolute Gasteiger partial charge is 0.383 e. The number of pyridine rings is 1. The van der Waals surface area contributed by atoms with Gasteiger partial charge in [0.1, 0.15) is 23.1 Å². The number of nitriles is 1. The summed E-state index contributed by atoms with van der Waals surface area (Å²) >= 11 is 0. The van der Waals surface area contributed by atoms with Crippen LogP contribution < -0.4 is 5.73 Å². The molecule has 0 aliphatic heterocycles. The van der Waals surface area contributed by atoms with E-state index in [0.717, 1.165) is 22.5 Å². The van der Waals surface area contributed by atoms with Crippen molar-refractivity contribution in [1.29, 1.82) is 5.26 Å². The number of nitrogens with zero attached hydrogens (tertiary/aromatic N) is 5. The molecule has 0 amide bonds. The van der Waals surface area contributed by atoms with Crippen LogP contribution in [0.2, 0.25) is 0 Å². The third kappa shape index (κ3) is 2.99. The Morgan fingerprint density at radius 1 is 1.00 bits per heavy atom. The molecule has 0 fully saturated rings. The number of benzene rings is 2. The SMILES string of the molecule is Cc1ccc(-n2nnc(-c3cc(-c4ccccc4)c(C#N)c(N)n3)c2C)cc1. The van der Waals surface area contributed by atoms with Crippen LogP contribution in [0.25, 0.3) is 28.2 Å². The molecule has 4 rings (SSSR count). The van der Waals surface area contributed by atoms with Gasteiger partial charge in [-0.25, -0.2) is 9.67 Å². The van der Waals surface area contributed by atoms with Crippen molar-refractivity contribution in [2.75, 3.05) is 5.73 Å². The maximum atomic E-state index is 9.55. The van der Waals surface area contributed by atoms with Crippen molar-refractivity contribution in [2.24, 2.45) is 0 Å². The fraction of sp³-hybridized carbons (Fsp3) is 0.0909. The summed E-state index contributed by atoms with van der Waals surface area (Å²) in [7, 11) is 0. The second-order valence-corrected chi connectivity index (χ2v) is 6.56. The van der Waals surface area contributed by atoms with E-state index in [2.05, 4.69) is 21.4 Å². The van der Waals surface area contributed by atoms with Gasteiger partial charge in [-0.05, 0) is 37.6 Å². The van der Waals surface area contributed by atoms with Gasteiger partial charge in [-0.1, -0.05) is 53.2 Å². The second kappa shape index (κ2) is 6.97. The van der Waals surface area contributed by atoms with Gasteiger partial charge in [0.05, 0.1) is 17.1 Å². The number of nitrogen functional groups attached to an aromatic ring is 1. The van der Waals surface area contributed by atoms with Crippen molar-refractivity contribution in [3.8, 4) is 34.3 Å². The van der Waals surface area contributed by atoms with Gasteiger partial charge in [-0.2, -0.15) is 5.26 Å². The minimum atomic E-state index is 0.183. The first-order valence-electron chi connectivity index (χ1n) is 8.84. The molecule has 2 heterocycles. The molecule has 0 saturated carbocycles. The quantitative estimate of drug-likeness (QED) is 0.590. The Morgan fingerprint density at radius 2 is 1.71 bits per heavy atom. The third-order valence-corrected chi connectivity index (χ3v) is 4.66. The standard InChI is InChI=1S/C22H18N6/c1-14-8-10-17(11-9-14)28-15(2)21(26-27-28)20-12-18(16-6-4-3-5-7-16)19(13-23)22(24)25-20/h3-12H,1-2H3,(H2,24,25). The lowest BCUT2D eigenvalue weighted by Gasteiger charge is -2.09. The zero-order valence-corrected chi connectivity index (χ0v) is 15.6. The third-order valence-electron chi connectivity index (χ3n) is 4.66. The van der Waals surface area contributed by atoms with E-state index in [1.807, 2.05) is 74.5 Å². The van der Waals surface area contributed by atoms with Crippen molar-refractivity contribution >= 4 is 5.82 Å². The number of aryl methyl sites for hydroxylation is 1. The second-order valence-electron chi connectivity index (χ2n) is 6.56. The molecule has 28 heavy (non-hydrogen) atoms. The fourth-order valence-corrected chi connectivity index (χ4v) is 3.15. The Balaban J connectivity index is 1.86. The van der Waals surface area contributed by atoms with Gasteiger partial charge in [0.15, 0.2) is 0 Å². The summed E-state index contributed by atoms with van der Waals surface area (Å²) < 4.78 is 1.77. The van der Waals surface area contributed by atoms with E-state index in [1.54, 1.807) is 4.68 Å². The number of hydrogen-bond donors (Lipinski definition) is 1. The van der Waals surface area contributed by atoms with Crippen LogP contribution in [0.5, 0.6) is 0 Å². The monoisotopic (exact) mass is 366 g/mol. The summed E-state index contributed by atoms with van der Waals surface area (Å²) in [5.74, 6) is 0.183. The Kier molecular flexibility index (Phi) is 4.34. The van der Waals surface area contributed by atoms with Gasteiger partial charge < -0.3 is 5.73 Å². The number of nitrogens with two attached hydrogens (primary N) is 1. The van der Waals surface area contributed by atoms with E-state index >= 15 is 0 Å². The van der Waals surface area contributed by atoms with Gasteiger partial charge in [0.2, 0.25) is 0 Å². The molecule has 2 aromatic heterocycles. The lowest BCUT2D eigenvalue weighted by molar-refractivity contribution is 0.785. The Labute approximate surface area is 162 Å². The minimum absolute atomic E-state index is 0.183. The summed E-state index contributed by atoms with van der Waals surface area (Å²) in [6.07, 6.45) is 0. The van der Waals surface area contributed by atoms with E-state index in [-0.39, 0.29) is 5.82 Å². The number of anilines is 1. The first kappa shape index (κ1) is 17.4. The summed E-state index contributed by atoms with van der Waals surface area (Å²) in [6, 6.07) is 21.7. The van der Waals surface area contributed by atoms with Crippen LogP contribution in [0, 0.1) is 25.2 Å². The van der Waals surface area contributed by atoms with Crippen LogP contribution in [0.4, 0.5) is 5.82 Å². The summed E-state index contributed by atoms with van der Waals surface area (Å²) in [5, 5.41) is 18.2. The van der Waals surface area contributed by atoms with Crippen molar-refractivity contribution in [3.05, 3.63) is 77.5 Å². The highest BCUT2D eigenvalue weighted by atomic mass is 15.4. The Hall–Kier alpha value is -3.98. The van der Waals surface area contributed by atoms with Crippen LogP contribution in [-0.4, -0.2) is 20.0 Å². The topological polar surface area (TPSA) is 93.4 Å². The molecule has 0 unspecified atom stereocenters. The predicted molar refractivity (Wildman–Crippen MR) is 109 cm³/mol. The molecule has 2 N–H and O–H groups in total. The van der Waals surface area contributed by atoms with Crippen molar-refractivity contribution in [2.45, 2.75) is 13.8 Å². The summed E-state index contributed by atoms with van der Waals surface area (Å²) in [6.45, 7) is 3.98. The van der Waals surface area contributed by atoms with Gasteiger partial charge in [-0.3, -0.25) is 0 Å². The lowest BCUT2D eigenvalue weighted by Crippen LogP contribution is -2.01. The highest BCUT2D eigenvalue weighted by Crippen LogP contribution is 2.31. The van der Waals surface area contributed by atoms with Gasteiger partial charge in [0.25, 0.3) is 0 Å². The fourth-order valence-electron chi connectivity index (χ4n) is 3.15. The molecule has 0 radical (unpaired) electrons. The molecular formula is C22H18N6. The predicted octanol–water partition coefficient (Wildman–Crippen LogP) is 4.07. The number of aromatic nitrogens is 4. The highest BCUT2D eigenvalue weighted by molar-refractivity contribution is 5.79. The lowest BCUT2D eigenvalue weighted by atomic mass is 9.99. The zero-order chi connectivity index (χ0) is 19.7. The van der Waals surface area contributed by atoms with Crippen LogP contribution in [-0.2, 0) is 0 Å². The molecule has 0 aliphatic carbocycles. The van der Waals surface area contributed by atoms with Crippen LogP contribution >= 0.6 is 0 Å². The number of rotatable bonds is 3. The molecule has 6 nitrogen and oxygen atoms in total. The first-order chi connectivity index (χ1) is 13.6. The molecule has 136 valence electrons. The molecule has 0 spiro atoms. The molecule has 0 atom stereocenters. The Morgan fingerprint density at radius 3 is 2.39 bits per heavy atom. The molecule has 6 heteroatoms. The van der Waals surface area contributed by atoms with Gasteiger partial charge >= 0.3 is 0 Å². The minimum Gasteiger partial charge on any atom is -0.383 e. The van der Waals surface area contributed by atoms with Crippen molar-refractivity contribution in [3.63, 3.8) is 0 Å². The molecular weight excluding hydrogens is 348 g/mol. The smallest absolute Gasteiger partial charge is 0.142 e. The van der Waals surface area contributed by atoms with Crippen LogP contribution in [0.1, 0.15) is 16.8 Å². The zero-order valence-electron chi connectivity index (χ0n) is 15.6. The highest BCUT2D eigenvalue weighted by Gasteiger charge is 2.18. The Bertz CT molecular complexity index is 1180. The van der Waals surface area contributed by atoms with Gasteiger partial charge in [-0.15, -0.1) is 5.10 Å². The molecule has 0 saturated heterocycles. The molecule has 0 aliphatic rings. The average molecular weight is 366 g/mol. The van der Waals surface area contributed by atoms with Crippen LogP contribution in [0.3, 0.4) is 0 Å².